The molecule has 0 fully saturated rings. The van der Waals surface area contributed by atoms with Gasteiger partial charge < -0.3 is 0 Å². The van der Waals surface area contributed by atoms with Gasteiger partial charge in [0, 0.05) is 5.56 Å². The van der Waals surface area contributed by atoms with Crippen molar-refractivity contribution in [2.24, 2.45) is 0 Å². The topological polar surface area (TPSA) is 17.1 Å². The predicted molar refractivity (Wildman–Crippen MR) is 100 cm³/mol. The van der Waals surface area contributed by atoms with E-state index >= 15 is 0 Å². The predicted octanol–water partition coefficient (Wildman–Crippen LogP) is 5.62. The summed E-state index contributed by atoms with van der Waals surface area (Å²) in [4.78, 5) is 12.7. The molecule has 0 N–H and O–H groups in total. The van der Waals surface area contributed by atoms with Crippen molar-refractivity contribution in [1.29, 1.82) is 0 Å². The molecule has 24 heavy (non-hydrogen) atoms. The molecule has 3 aromatic carbocycles. The number of hydrogen-bond donors (Lipinski definition) is 0. The third kappa shape index (κ3) is 3.52. The Bertz CT molecular complexity index is 874. The summed E-state index contributed by atoms with van der Waals surface area (Å²) in [7, 11) is 0. The number of ketones is 1. The van der Waals surface area contributed by atoms with E-state index in [1.165, 1.54) is 11.1 Å². The first-order valence-electron chi connectivity index (χ1n) is 8.09. The smallest absolute Gasteiger partial charge is 0.186 e. The Morgan fingerprint density at radius 3 is 1.92 bits per heavy atom. The molecule has 0 bridgehead atoms. The standard InChI is InChI=1S/C23H20O/c1-17-13-14-21(18(2)15-17)22(19-9-5-3-6-10-19)16-23(24)20-11-7-4-8-12-20/h3-16H,1-2H3/b22-16+. The summed E-state index contributed by atoms with van der Waals surface area (Å²) in [6, 6.07) is 25.8. The van der Waals surface area contributed by atoms with Crippen LogP contribution < -0.4 is 0 Å². The number of carbonyl (C=O) groups is 1. The number of allylic oxidation sites excluding steroid dienone is 1. The number of rotatable bonds is 4. The van der Waals surface area contributed by atoms with Crippen LogP contribution in [0.3, 0.4) is 0 Å². The molecule has 0 aromatic heterocycles. The van der Waals surface area contributed by atoms with Crippen LogP contribution in [-0.4, -0.2) is 5.78 Å². The average molecular weight is 312 g/mol. The van der Waals surface area contributed by atoms with Crippen molar-refractivity contribution in [3.63, 3.8) is 0 Å². The Hall–Kier alpha value is -2.93. The van der Waals surface area contributed by atoms with Gasteiger partial charge in [0.15, 0.2) is 5.78 Å². The highest BCUT2D eigenvalue weighted by atomic mass is 16.1. The molecule has 3 aromatic rings. The highest BCUT2D eigenvalue weighted by Gasteiger charge is 2.11. The fourth-order valence-corrected chi connectivity index (χ4v) is 2.87. The van der Waals surface area contributed by atoms with Crippen LogP contribution in [0.25, 0.3) is 5.57 Å². The molecule has 0 amide bonds. The van der Waals surface area contributed by atoms with Crippen molar-refractivity contribution in [2.75, 3.05) is 0 Å². The summed E-state index contributed by atoms with van der Waals surface area (Å²) >= 11 is 0. The van der Waals surface area contributed by atoms with Gasteiger partial charge in [-0.15, -0.1) is 0 Å². The molecule has 1 nitrogen and oxygen atoms in total. The van der Waals surface area contributed by atoms with Crippen LogP contribution in [0.15, 0.2) is 84.9 Å². The van der Waals surface area contributed by atoms with E-state index < -0.39 is 0 Å². The zero-order chi connectivity index (χ0) is 16.9. The number of aryl methyl sites for hydroxylation is 2. The molecule has 0 spiro atoms. The van der Waals surface area contributed by atoms with E-state index in [0.29, 0.717) is 5.56 Å². The molecule has 0 aliphatic rings. The van der Waals surface area contributed by atoms with Crippen LogP contribution in [0.4, 0.5) is 0 Å². The van der Waals surface area contributed by atoms with Crippen molar-refractivity contribution in [2.45, 2.75) is 13.8 Å². The fraction of sp³-hybridized carbons (Fsp3) is 0.0870. The van der Waals surface area contributed by atoms with Gasteiger partial charge in [-0.2, -0.15) is 0 Å². The van der Waals surface area contributed by atoms with Crippen molar-refractivity contribution >= 4 is 11.4 Å². The summed E-state index contributed by atoms with van der Waals surface area (Å²) < 4.78 is 0. The fourth-order valence-electron chi connectivity index (χ4n) is 2.87. The molecule has 1 heteroatoms. The number of carbonyl (C=O) groups excluding carboxylic acids is 1. The van der Waals surface area contributed by atoms with Gasteiger partial charge in [-0.25, -0.2) is 0 Å². The van der Waals surface area contributed by atoms with E-state index in [1.54, 1.807) is 6.08 Å². The SMILES string of the molecule is Cc1ccc(/C(=C/C(=O)c2ccccc2)c2ccccc2)c(C)c1. The maximum atomic E-state index is 12.7. The van der Waals surface area contributed by atoms with E-state index in [1.807, 2.05) is 60.7 Å². The maximum Gasteiger partial charge on any atom is 0.186 e. The van der Waals surface area contributed by atoms with Crippen LogP contribution >= 0.6 is 0 Å². The molecule has 0 saturated carbocycles. The molecule has 0 radical (unpaired) electrons. The first-order chi connectivity index (χ1) is 11.6. The Balaban J connectivity index is 2.12. The van der Waals surface area contributed by atoms with Gasteiger partial charge in [-0.3, -0.25) is 4.79 Å². The monoisotopic (exact) mass is 312 g/mol. The van der Waals surface area contributed by atoms with Gasteiger partial charge in [-0.05, 0) is 42.2 Å². The summed E-state index contributed by atoms with van der Waals surface area (Å²) in [5, 5.41) is 0. The third-order valence-electron chi connectivity index (χ3n) is 4.09. The van der Waals surface area contributed by atoms with Crippen molar-refractivity contribution in [3.05, 3.63) is 113 Å². The van der Waals surface area contributed by atoms with Crippen LogP contribution in [0, 0.1) is 13.8 Å². The highest BCUT2D eigenvalue weighted by Crippen LogP contribution is 2.27. The Labute approximate surface area is 143 Å². The lowest BCUT2D eigenvalue weighted by Gasteiger charge is -2.12. The van der Waals surface area contributed by atoms with E-state index in [9.17, 15) is 4.79 Å². The lowest BCUT2D eigenvalue weighted by atomic mass is 9.91. The molecular formula is C23H20O. The first-order valence-corrected chi connectivity index (χ1v) is 8.09. The zero-order valence-corrected chi connectivity index (χ0v) is 14.0. The first kappa shape index (κ1) is 15.9. The molecule has 0 aliphatic heterocycles. The van der Waals surface area contributed by atoms with E-state index in [4.69, 9.17) is 0 Å². The summed E-state index contributed by atoms with van der Waals surface area (Å²) in [6.45, 7) is 4.17. The Morgan fingerprint density at radius 2 is 1.33 bits per heavy atom. The van der Waals surface area contributed by atoms with Crippen LogP contribution in [0.5, 0.6) is 0 Å². The third-order valence-corrected chi connectivity index (χ3v) is 4.09. The molecule has 0 heterocycles. The second-order valence-corrected chi connectivity index (χ2v) is 5.97. The number of hydrogen-bond acceptors (Lipinski definition) is 1. The van der Waals surface area contributed by atoms with Gasteiger partial charge in [0.2, 0.25) is 0 Å². The molecule has 0 unspecified atom stereocenters. The molecular weight excluding hydrogens is 292 g/mol. The lowest BCUT2D eigenvalue weighted by molar-refractivity contribution is 0.104. The van der Waals surface area contributed by atoms with Crippen LogP contribution in [0.1, 0.15) is 32.6 Å². The molecule has 0 aliphatic carbocycles. The Morgan fingerprint density at radius 1 is 0.750 bits per heavy atom. The van der Waals surface area contributed by atoms with E-state index in [0.717, 1.165) is 16.7 Å². The van der Waals surface area contributed by atoms with Gasteiger partial charge in [-0.1, -0.05) is 84.4 Å². The quantitative estimate of drug-likeness (QED) is 0.451. The zero-order valence-electron chi connectivity index (χ0n) is 14.0. The molecule has 118 valence electrons. The van der Waals surface area contributed by atoms with Gasteiger partial charge in [0.05, 0.1) is 0 Å². The highest BCUT2D eigenvalue weighted by molar-refractivity contribution is 6.10. The second-order valence-electron chi connectivity index (χ2n) is 5.97. The summed E-state index contributed by atoms with van der Waals surface area (Å²) in [5.74, 6) is 0.0226. The minimum Gasteiger partial charge on any atom is -0.289 e. The van der Waals surface area contributed by atoms with Gasteiger partial charge in [0.1, 0.15) is 0 Å². The van der Waals surface area contributed by atoms with E-state index in [-0.39, 0.29) is 5.78 Å². The number of benzene rings is 3. The Kier molecular flexibility index (Phi) is 4.72. The van der Waals surface area contributed by atoms with Crippen molar-refractivity contribution in [3.8, 4) is 0 Å². The maximum absolute atomic E-state index is 12.7. The summed E-state index contributed by atoms with van der Waals surface area (Å²) in [5.41, 5.74) is 6.20. The second kappa shape index (κ2) is 7.10. The largest absolute Gasteiger partial charge is 0.289 e. The molecule has 3 rings (SSSR count). The average Bonchev–Trinajstić information content (AvgIpc) is 2.61. The lowest BCUT2D eigenvalue weighted by Crippen LogP contribution is -1.99. The minimum absolute atomic E-state index is 0.0226. The van der Waals surface area contributed by atoms with Crippen molar-refractivity contribution in [1.82, 2.24) is 0 Å². The van der Waals surface area contributed by atoms with Crippen LogP contribution in [0.2, 0.25) is 0 Å². The molecule has 0 atom stereocenters. The normalized spacial score (nSPS) is 11.3. The van der Waals surface area contributed by atoms with Crippen LogP contribution in [-0.2, 0) is 0 Å². The summed E-state index contributed by atoms with van der Waals surface area (Å²) in [6.07, 6.45) is 1.75. The van der Waals surface area contributed by atoms with Gasteiger partial charge in [0.25, 0.3) is 0 Å². The van der Waals surface area contributed by atoms with Gasteiger partial charge >= 0.3 is 0 Å². The van der Waals surface area contributed by atoms with E-state index in [2.05, 4.69) is 32.0 Å². The minimum atomic E-state index is 0.0226. The molecule has 0 saturated heterocycles. The van der Waals surface area contributed by atoms with Crippen molar-refractivity contribution < 1.29 is 4.79 Å².